The number of rotatable bonds is 7. The second kappa shape index (κ2) is 11.5. The van der Waals surface area contributed by atoms with Crippen LogP contribution in [0.3, 0.4) is 0 Å². The number of benzene rings is 2. The molecule has 42 heavy (non-hydrogen) atoms. The lowest BCUT2D eigenvalue weighted by molar-refractivity contribution is -0.128. The van der Waals surface area contributed by atoms with E-state index in [0.29, 0.717) is 53.6 Å². The lowest BCUT2D eigenvalue weighted by atomic mass is 9.98. The molecule has 4 aromatic rings. The number of likely N-dealkylation sites (tertiary alicyclic amines) is 1. The lowest BCUT2D eigenvalue weighted by Crippen LogP contribution is -2.55. The standard InChI is InChI=1S/C31H31ClN6O4/c1-3-27(40)38-13-12-37(17-19(38)8-10-33)30-28-26(34-31(35-30)42-18-20-5-4-11-36(20)2)16-24(23-9-14-41-29(23)28)22-7-6-21(39)15-25(22)32/h3,6-7,9,14-16,19-20,39H,1,4-5,8,11-13,17-18H2,2H3/t19-,20-/m0/s1. The number of nitrogens with zero attached hydrogens (tertiary/aromatic N) is 6. The maximum Gasteiger partial charge on any atom is 0.319 e. The van der Waals surface area contributed by atoms with Crippen molar-refractivity contribution < 1.29 is 19.1 Å². The van der Waals surface area contributed by atoms with Gasteiger partial charge in [0.05, 0.1) is 40.7 Å². The van der Waals surface area contributed by atoms with E-state index in [1.807, 2.05) is 12.1 Å². The van der Waals surface area contributed by atoms with Crippen LogP contribution in [0, 0.1) is 11.3 Å². The van der Waals surface area contributed by atoms with Gasteiger partial charge in [0.2, 0.25) is 5.91 Å². The van der Waals surface area contributed by atoms with Gasteiger partial charge in [0.25, 0.3) is 0 Å². The second-order valence-corrected chi connectivity index (χ2v) is 11.2. The van der Waals surface area contributed by atoms with Gasteiger partial charge < -0.3 is 29.0 Å². The summed E-state index contributed by atoms with van der Waals surface area (Å²) in [4.78, 5) is 28.3. The Morgan fingerprint density at radius 1 is 1.24 bits per heavy atom. The van der Waals surface area contributed by atoms with Gasteiger partial charge in [-0.05, 0) is 68.4 Å². The van der Waals surface area contributed by atoms with Gasteiger partial charge in [-0.1, -0.05) is 18.2 Å². The first kappa shape index (κ1) is 27.8. The number of halogens is 1. The third kappa shape index (κ3) is 5.10. The summed E-state index contributed by atoms with van der Waals surface area (Å²) in [6.45, 7) is 6.42. The summed E-state index contributed by atoms with van der Waals surface area (Å²) in [5.41, 5.74) is 2.72. The van der Waals surface area contributed by atoms with Crippen molar-refractivity contribution in [3.63, 3.8) is 0 Å². The van der Waals surface area contributed by atoms with E-state index in [4.69, 9.17) is 30.7 Å². The number of piperazine rings is 1. The average molecular weight is 587 g/mol. The Bertz CT molecular complexity index is 1720. The van der Waals surface area contributed by atoms with E-state index in [2.05, 4.69) is 29.5 Å². The number of hydrogen-bond donors (Lipinski definition) is 1. The van der Waals surface area contributed by atoms with E-state index < -0.39 is 0 Å². The van der Waals surface area contributed by atoms with Crippen molar-refractivity contribution in [3.05, 3.63) is 54.3 Å². The third-order valence-electron chi connectivity index (χ3n) is 8.25. The number of nitriles is 1. The molecule has 2 aliphatic heterocycles. The fourth-order valence-electron chi connectivity index (χ4n) is 6.03. The molecular formula is C31H31ClN6O4. The SMILES string of the molecule is C=CC(=O)N1CCN(c2nc(OC[C@@H]3CCCN3C)nc3cc(-c4ccc(O)cc4Cl)c4ccoc4c23)C[C@@H]1CC#N. The number of carbonyl (C=O) groups is 1. The van der Waals surface area contributed by atoms with Gasteiger partial charge in [-0.25, -0.2) is 0 Å². The van der Waals surface area contributed by atoms with Crippen LogP contribution in [0.5, 0.6) is 11.8 Å². The van der Waals surface area contributed by atoms with E-state index >= 15 is 0 Å². The average Bonchev–Trinajstić information content (AvgIpc) is 3.64. The molecule has 11 heteroatoms. The van der Waals surface area contributed by atoms with Crippen LogP contribution >= 0.6 is 11.6 Å². The summed E-state index contributed by atoms with van der Waals surface area (Å²) in [7, 11) is 2.09. The maximum absolute atomic E-state index is 12.5. The predicted octanol–water partition coefficient (Wildman–Crippen LogP) is 4.99. The number of aromatic hydroxyl groups is 1. The highest BCUT2D eigenvalue weighted by Crippen LogP contribution is 2.42. The molecule has 0 unspecified atom stereocenters. The monoisotopic (exact) mass is 586 g/mol. The summed E-state index contributed by atoms with van der Waals surface area (Å²) < 4.78 is 12.3. The second-order valence-electron chi connectivity index (χ2n) is 10.8. The number of anilines is 1. The van der Waals surface area contributed by atoms with Gasteiger partial charge >= 0.3 is 6.01 Å². The van der Waals surface area contributed by atoms with Crippen molar-refractivity contribution in [1.29, 1.82) is 5.26 Å². The Kier molecular flexibility index (Phi) is 7.62. The number of carbonyl (C=O) groups excluding carboxylic acids is 1. The molecular weight excluding hydrogens is 556 g/mol. The van der Waals surface area contributed by atoms with E-state index in [9.17, 15) is 15.2 Å². The minimum Gasteiger partial charge on any atom is -0.508 e. The van der Waals surface area contributed by atoms with E-state index in [1.165, 1.54) is 12.1 Å². The van der Waals surface area contributed by atoms with Crippen molar-refractivity contribution >= 4 is 45.2 Å². The molecule has 0 aliphatic carbocycles. The number of fused-ring (bicyclic) bond motifs is 3. The van der Waals surface area contributed by atoms with Crippen molar-refractivity contribution in [2.45, 2.75) is 31.3 Å². The van der Waals surface area contributed by atoms with Crippen LogP contribution in [-0.4, -0.2) is 82.7 Å². The molecule has 1 amide bonds. The first-order chi connectivity index (χ1) is 20.4. The molecule has 0 radical (unpaired) electrons. The number of phenolic OH excluding ortho intramolecular Hbond substituents is 1. The first-order valence-electron chi connectivity index (χ1n) is 14.0. The Morgan fingerprint density at radius 3 is 2.83 bits per heavy atom. The van der Waals surface area contributed by atoms with Gasteiger partial charge in [0.15, 0.2) is 0 Å². The summed E-state index contributed by atoms with van der Waals surface area (Å²) >= 11 is 6.57. The predicted molar refractivity (Wildman–Crippen MR) is 161 cm³/mol. The van der Waals surface area contributed by atoms with Gasteiger partial charge in [0, 0.05) is 36.6 Å². The van der Waals surface area contributed by atoms with Crippen molar-refractivity contribution in [3.8, 4) is 29.0 Å². The Labute approximate surface area is 248 Å². The molecule has 6 rings (SSSR count). The topological polar surface area (TPSA) is 119 Å². The van der Waals surface area contributed by atoms with Crippen LogP contribution in [0.15, 0.2) is 53.7 Å². The number of furan rings is 1. The Balaban J connectivity index is 1.49. The molecule has 4 heterocycles. The molecule has 2 aromatic carbocycles. The number of ether oxygens (including phenoxy) is 1. The van der Waals surface area contributed by atoms with Crippen LogP contribution in [0.25, 0.3) is 33.0 Å². The zero-order valence-corrected chi connectivity index (χ0v) is 24.0. The summed E-state index contributed by atoms with van der Waals surface area (Å²) in [5, 5.41) is 21.4. The normalized spacial score (nSPS) is 19.4. The molecule has 2 atom stereocenters. The van der Waals surface area contributed by atoms with Crippen LogP contribution in [-0.2, 0) is 4.79 Å². The molecule has 2 aromatic heterocycles. The fraction of sp³-hybridized carbons (Fsp3) is 0.355. The first-order valence-corrected chi connectivity index (χ1v) is 14.3. The molecule has 2 saturated heterocycles. The highest BCUT2D eigenvalue weighted by molar-refractivity contribution is 6.34. The maximum atomic E-state index is 12.5. The van der Waals surface area contributed by atoms with Crippen LogP contribution in [0.2, 0.25) is 5.02 Å². The molecule has 2 fully saturated rings. The molecule has 0 bridgehead atoms. The van der Waals surface area contributed by atoms with Crippen molar-refractivity contribution in [2.75, 3.05) is 44.7 Å². The van der Waals surface area contributed by atoms with Crippen molar-refractivity contribution in [1.82, 2.24) is 19.8 Å². The Hall–Kier alpha value is -4.33. The Morgan fingerprint density at radius 2 is 2.10 bits per heavy atom. The summed E-state index contributed by atoms with van der Waals surface area (Å²) in [6, 6.07) is 11.1. The van der Waals surface area contributed by atoms with Crippen LogP contribution in [0.4, 0.5) is 5.82 Å². The van der Waals surface area contributed by atoms with E-state index in [0.717, 1.165) is 35.9 Å². The zero-order chi connectivity index (χ0) is 29.4. The molecule has 2 aliphatic rings. The molecule has 10 nitrogen and oxygen atoms in total. The molecule has 216 valence electrons. The third-order valence-corrected chi connectivity index (χ3v) is 8.56. The summed E-state index contributed by atoms with van der Waals surface area (Å²) in [6.07, 6.45) is 5.24. The number of amides is 1. The van der Waals surface area contributed by atoms with Crippen LogP contribution < -0.4 is 9.64 Å². The number of phenols is 1. The number of hydrogen-bond acceptors (Lipinski definition) is 9. The number of likely N-dealkylation sites (N-methyl/N-ethyl adjacent to an activating group) is 1. The smallest absolute Gasteiger partial charge is 0.319 e. The quantitative estimate of drug-likeness (QED) is 0.299. The molecule has 1 N–H and O–H groups in total. The highest BCUT2D eigenvalue weighted by atomic mass is 35.5. The highest BCUT2D eigenvalue weighted by Gasteiger charge is 2.32. The molecule has 0 spiro atoms. The van der Waals surface area contributed by atoms with Gasteiger partial charge in [-0.3, -0.25) is 4.79 Å². The zero-order valence-electron chi connectivity index (χ0n) is 23.3. The van der Waals surface area contributed by atoms with E-state index in [1.54, 1.807) is 23.3 Å². The summed E-state index contributed by atoms with van der Waals surface area (Å²) in [5.74, 6) is 0.494. The van der Waals surface area contributed by atoms with Gasteiger partial charge in [0.1, 0.15) is 23.8 Å². The van der Waals surface area contributed by atoms with Crippen LogP contribution in [0.1, 0.15) is 19.3 Å². The van der Waals surface area contributed by atoms with Gasteiger partial charge in [-0.2, -0.15) is 15.2 Å². The number of aromatic nitrogens is 2. The minimum atomic E-state index is -0.335. The largest absolute Gasteiger partial charge is 0.508 e. The fourth-order valence-corrected chi connectivity index (χ4v) is 6.31. The lowest BCUT2D eigenvalue weighted by Gasteiger charge is -2.41. The minimum absolute atomic E-state index is 0.0751. The van der Waals surface area contributed by atoms with Gasteiger partial charge in [-0.15, -0.1) is 0 Å². The molecule has 0 saturated carbocycles. The van der Waals surface area contributed by atoms with E-state index in [-0.39, 0.29) is 36.2 Å². The van der Waals surface area contributed by atoms with Crippen molar-refractivity contribution in [2.24, 2.45) is 0 Å².